The van der Waals surface area contributed by atoms with Gasteiger partial charge in [0.05, 0.1) is 0 Å². The SMILES string of the molecule is [c]1cccc(C2=COC(Cc3ccccc3)O2)c1. The van der Waals surface area contributed by atoms with Gasteiger partial charge in [0.15, 0.2) is 5.76 Å². The quantitative estimate of drug-likeness (QED) is 0.814. The molecule has 2 nitrogen and oxygen atoms in total. The normalized spacial score (nSPS) is 17.8. The fourth-order valence-corrected chi connectivity index (χ4v) is 1.91. The summed E-state index contributed by atoms with van der Waals surface area (Å²) in [7, 11) is 0. The molecule has 1 aliphatic heterocycles. The van der Waals surface area contributed by atoms with E-state index in [0.717, 1.165) is 17.7 Å². The first kappa shape index (κ1) is 10.9. The minimum atomic E-state index is -0.234. The van der Waals surface area contributed by atoms with Crippen molar-refractivity contribution in [2.75, 3.05) is 0 Å². The maximum absolute atomic E-state index is 5.77. The summed E-state index contributed by atoms with van der Waals surface area (Å²) in [6.07, 6.45) is 2.19. The minimum Gasteiger partial charge on any atom is -0.458 e. The predicted octanol–water partition coefficient (Wildman–Crippen LogP) is 3.40. The van der Waals surface area contributed by atoms with Gasteiger partial charge < -0.3 is 9.47 Å². The Hall–Kier alpha value is -2.22. The van der Waals surface area contributed by atoms with Gasteiger partial charge in [0.2, 0.25) is 6.29 Å². The summed E-state index contributed by atoms with van der Waals surface area (Å²) in [5, 5.41) is 0. The van der Waals surface area contributed by atoms with Gasteiger partial charge in [0.25, 0.3) is 0 Å². The number of benzene rings is 2. The Balaban J connectivity index is 1.65. The molecule has 0 spiro atoms. The first-order valence-electron chi connectivity index (χ1n) is 5.94. The van der Waals surface area contributed by atoms with Crippen molar-refractivity contribution in [3.8, 4) is 0 Å². The van der Waals surface area contributed by atoms with E-state index in [-0.39, 0.29) is 6.29 Å². The van der Waals surface area contributed by atoms with Crippen molar-refractivity contribution < 1.29 is 9.47 Å². The van der Waals surface area contributed by atoms with Crippen molar-refractivity contribution in [3.63, 3.8) is 0 Å². The molecule has 0 aliphatic carbocycles. The molecule has 2 aromatic carbocycles. The van der Waals surface area contributed by atoms with Gasteiger partial charge in [-0.05, 0) is 17.7 Å². The molecule has 2 heteroatoms. The molecule has 3 rings (SSSR count). The van der Waals surface area contributed by atoms with Gasteiger partial charge in [-0.2, -0.15) is 0 Å². The number of hydrogen-bond donors (Lipinski definition) is 0. The second-order valence-electron chi connectivity index (χ2n) is 4.15. The standard InChI is InChI=1S/C16H13O2/c1-3-7-13(8-4-1)11-16-17-12-15(18-16)14-9-5-2-6-10-14/h1-5,7-10,12,16H,11H2. The van der Waals surface area contributed by atoms with E-state index in [1.165, 1.54) is 5.56 Å². The Morgan fingerprint density at radius 1 is 1.06 bits per heavy atom. The third kappa shape index (κ3) is 2.38. The van der Waals surface area contributed by atoms with Crippen molar-refractivity contribution in [2.45, 2.75) is 12.7 Å². The van der Waals surface area contributed by atoms with Crippen LogP contribution in [0.5, 0.6) is 0 Å². The van der Waals surface area contributed by atoms with Crippen LogP contribution in [0, 0.1) is 6.07 Å². The van der Waals surface area contributed by atoms with Crippen LogP contribution in [0.2, 0.25) is 0 Å². The molecular weight excluding hydrogens is 224 g/mol. The van der Waals surface area contributed by atoms with Crippen molar-refractivity contribution in [1.29, 1.82) is 0 Å². The average molecular weight is 237 g/mol. The molecule has 0 amide bonds. The van der Waals surface area contributed by atoms with Gasteiger partial charge >= 0.3 is 0 Å². The summed E-state index contributed by atoms with van der Waals surface area (Å²) >= 11 is 0. The Morgan fingerprint density at radius 2 is 1.94 bits per heavy atom. The molecule has 0 saturated carbocycles. The highest BCUT2D eigenvalue weighted by atomic mass is 16.7. The average Bonchev–Trinajstić information content (AvgIpc) is 2.89. The summed E-state index contributed by atoms with van der Waals surface area (Å²) in [5.74, 6) is 0.771. The van der Waals surface area contributed by atoms with Crippen LogP contribution in [0.4, 0.5) is 0 Å². The van der Waals surface area contributed by atoms with Crippen LogP contribution >= 0.6 is 0 Å². The van der Waals surface area contributed by atoms with Crippen LogP contribution < -0.4 is 0 Å². The molecule has 1 unspecified atom stereocenters. The molecular formula is C16H13O2. The molecule has 18 heavy (non-hydrogen) atoms. The molecule has 1 atom stereocenters. The fraction of sp³-hybridized carbons (Fsp3) is 0.125. The van der Waals surface area contributed by atoms with Gasteiger partial charge in [-0.1, -0.05) is 48.5 Å². The summed E-state index contributed by atoms with van der Waals surface area (Å²) < 4.78 is 11.3. The highest BCUT2D eigenvalue weighted by Crippen LogP contribution is 2.25. The lowest BCUT2D eigenvalue weighted by atomic mass is 10.1. The lowest BCUT2D eigenvalue weighted by Gasteiger charge is -2.11. The van der Waals surface area contributed by atoms with E-state index < -0.39 is 0 Å². The zero-order chi connectivity index (χ0) is 12.2. The largest absolute Gasteiger partial charge is 0.458 e. The highest BCUT2D eigenvalue weighted by Gasteiger charge is 2.20. The van der Waals surface area contributed by atoms with Crippen LogP contribution in [0.3, 0.4) is 0 Å². The van der Waals surface area contributed by atoms with Crippen LogP contribution in [-0.4, -0.2) is 6.29 Å². The smallest absolute Gasteiger partial charge is 0.244 e. The van der Waals surface area contributed by atoms with Crippen LogP contribution in [-0.2, 0) is 15.9 Å². The van der Waals surface area contributed by atoms with E-state index in [9.17, 15) is 0 Å². The summed E-state index contributed by atoms with van der Waals surface area (Å²) in [5.41, 5.74) is 2.20. The van der Waals surface area contributed by atoms with Gasteiger partial charge in [-0.3, -0.25) is 0 Å². The maximum Gasteiger partial charge on any atom is 0.244 e. The molecule has 0 N–H and O–H groups in total. The van der Waals surface area contributed by atoms with Crippen molar-refractivity contribution >= 4 is 5.76 Å². The molecule has 89 valence electrons. The molecule has 2 aromatic rings. The van der Waals surface area contributed by atoms with E-state index in [1.807, 2.05) is 42.5 Å². The van der Waals surface area contributed by atoms with E-state index in [0.29, 0.717) is 0 Å². The molecule has 1 radical (unpaired) electrons. The van der Waals surface area contributed by atoms with E-state index in [2.05, 4.69) is 18.2 Å². The Labute approximate surface area is 106 Å². The topological polar surface area (TPSA) is 18.5 Å². The van der Waals surface area contributed by atoms with Crippen molar-refractivity contribution in [2.24, 2.45) is 0 Å². The Morgan fingerprint density at radius 3 is 2.72 bits per heavy atom. The van der Waals surface area contributed by atoms with Crippen LogP contribution in [0.15, 0.2) is 60.9 Å². The Kier molecular flexibility index (Phi) is 3.01. The summed E-state index contributed by atoms with van der Waals surface area (Å²) in [6, 6.07) is 20.9. The van der Waals surface area contributed by atoms with E-state index >= 15 is 0 Å². The van der Waals surface area contributed by atoms with E-state index in [4.69, 9.17) is 9.47 Å². The van der Waals surface area contributed by atoms with Gasteiger partial charge in [-0.25, -0.2) is 0 Å². The number of rotatable bonds is 3. The fourth-order valence-electron chi connectivity index (χ4n) is 1.91. The predicted molar refractivity (Wildman–Crippen MR) is 69.4 cm³/mol. The summed E-state index contributed by atoms with van der Waals surface area (Å²) in [4.78, 5) is 0. The monoisotopic (exact) mass is 237 g/mol. The second kappa shape index (κ2) is 4.96. The first-order chi connectivity index (χ1) is 8.92. The lowest BCUT2D eigenvalue weighted by molar-refractivity contribution is -0.0136. The molecule has 1 aliphatic rings. The van der Waals surface area contributed by atoms with Crippen molar-refractivity contribution in [3.05, 3.63) is 78.1 Å². The Bertz CT molecular complexity index is 532. The van der Waals surface area contributed by atoms with Gasteiger partial charge in [0, 0.05) is 12.0 Å². The van der Waals surface area contributed by atoms with Crippen LogP contribution in [0.1, 0.15) is 11.1 Å². The lowest BCUT2D eigenvalue weighted by Crippen LogP contribution is -2.11. The highest BCUT2D eigenvalue weighted by molar-refractivity contribution is 5.59. The number of ether oxygens (including phenoxy) is 2. The molecule has 0 aromatic heterocycles. The zero-order valence-corrected chi connectivity index (χ0v) is 9.87. The summed E-state index contributed by atoms with van der Waals surface area (Å²) in [6.45, 7) is 0. The van der Waals surface area contributed by atoms with E-state index in [1.54, 1.807) is 6.26 Å². The molecule has 0 fully saturated rings. The second-order valence-corrected chi connectivity index (χ2v) is 4.15. The van der Waals surface area contributed by atoms with Gasteiger partial charge in [-0.15, -0.1) is 0 Å². The zero-order valence-electron chi connectivity index (χ0n) is 9.87. The number of hydrogen-bond acceptors (Lipinski definition) is 2. The molecule has 1 heterocycles. The van der Waals surface area contributed by atoms with Crippen molar-refractivity contribution in [1.82, 2.24) is 0 Å². The van der Waals surface area contributed by atoms with Gasteiger partial charge in [0.1, 0.15) is 6.26 Å². The minimum absolute atomic E-state index is 0.234. The molecule has 0 saturated heterocycles. The van der Waals surface area contributed by atoms with Crippen LogP contribution in [0.25, 0.3) is 5.76 Å². The molecule has 0 bridgehead atoms. The maximum atomic E-state index is 5.77. The first-order valence-corrected chi connectivity index (χ1v) is 5.94. The third-order valence-electron chi connectivity index (χ3n) is 2.82. The third-order valence-corrected chi connectivity index (χ3v) is 2.82.